The fourth-order valence-corrected chi connectivity index (χ4v) is 5.94. The van der Waals surface area contributed by atoms with E-state index in [1.807, 2.05) is 75.4 Å². The number of esters is 1. The van der Waals surface area contributed by atoms with Crippen molar-refractivity contribution in [3.63, 3.8) is 0 Å². The molecule has 53 heavy (non-hydrogen) atoms. The zero-order valence-corrected chi connectivity index (χ0v) is 31.1. The van der Waals surface area contributed by atoms with E-state index in [0.29, 0.717) is 30.0 Å². The van der Waals surface area contributed by atoms with Crippen LogP contribution in [-0.2, 0) is 23.7 Å². The van der Waals surface area contributed by atoms with Gasteiger partial charge in [-0.3, -0.25) is 5.41 Å². The smallest absolute Gasteiger partial charge is 0.410 e. The molecule has 6 rings (SSSR count). The number of anilines is 3. The summed E-state index contributed by atoms with van der Waals surface area (Å²) in [6, 6.07) is 18.8. The molecule has 2 N–H and O–H groups in total. The molecule has 2 aromatic carbocycles. The van der Waals surface area contributed by atoms with Crippen LogP contribution in [0.2, 0.25) is 0 Å². The van der Waals surface area contributed by atoms with Crippen molar-refractivity contribution in [3.8, 4) is 11.1 Å². The first kappa shape index (κ1) is 37.4. The number of aromatic nitrogens is 1. The first-order chi connectivity index (χ1) is 25.1. The van der Waals surface area contributed by atoms with Crippen LogP contribution in [0.15, 0.2) is 60.7 Å². The molecular formula is C39H48N6O8. The number of nitrogens with zero attached hydrogens (tertiary/aromatic N) is 4. The third-order valence-electron chi connectivity index (χ3n) is 8.60. The molecule has 3 aliphatic rings. The van der Waals surface area contributed by atoms with Gasteiger partial charge in [0.25, 0.3) is 0 Å². The van der Waals surface area contributed by atoms with E-state index in [0.717, 1.165) is 24.3 Å². The maximum atomic E-state index is 13.7. The molecule has 14 nitrogen and oxygen atoms in total. The van der Waals surface area contributed by atoms with Gasteiger partial charge in [0, 0.05) is 30.0 Å². The Bertz CT molecular complexity index is 1800. The monoisotopic (exact) mass is 728 g/mol. The molecule has 3 fully saturated rings. The minimum absolute atomic E-state index is 0.0164. The zero-order valence-electron chi connectivity index (χ0n) is 31.1. The average molecular weight is 729 g/mol. The lowest BCUT2D eigenvalue weighted by Crippen LogP contribution is -2.56. The summed E-state index contributed by atoms with van der Waals surface area (Å²) in [7, 11) is 0. The first-order valence-electron chi connectivity index (χ1n) is 17.8. The van der Waals surface area contributed by atoms with Crippen molar-refractivity contribution in [2.45, 2.75) is 65.0 Å². The molecule has 4 heterocycles. The fraction of sp³-hybridized carbons (Fsp3) is 0.462. The number of pyridine rings is 1. The van der Waals surface area contributed by atoms with E-state index in [2.05, 4.69) is 10.2 Å². The van der Waals surface area contributed by atoms with E-state index in [1.54, 1.807) is 26.8 Å². The van der Waals surface area contributed by atoms with Crippen LogP contribution in [0.25, 0.3) is 11.1 Å². The van der Waals surface area contributed by atoms with Gasteiger partial charge in [0.05, 0.1) is 45.0 Å². The maximum Gasteiger partial charge on any atom is 0.410 e. The van der Waals surface area contributed by atoms with Crippen LogP contribution < -0.4 is 10.2 Å². The minimum Gasteiger partial charge on any atom is -0.470 e. The van der Waals surface area contributed by atoms with Crippen molar-refractivity contribution in [2.24, 2.45) is 0 Å². The highest BCUT2D eigenvalue weighted by molar-refractivity contribution is 6.06. The third-order valence-corrected chi connectivity index (χ3v) is 8.60. The molecule has 14 heteroatoms. The van der Waals surface area contributed by atoms with Crippen molar-refractivity contribution >= 4 is 41.2 Å². The summed E-state index contributed by atoms with van der Waals surface area (Å²) >= 11 is 0. The summed E-state index contributed by atoms with van der Waals surface area (Å²) in [4.78, 5) is 48.7. The Morgan fingerprint density at radius 2 is 1.34 bits per heavy atom. The molecule has 3 saturated heterocycles. The Morgan fingerprint density at radius 3 is 1.89 bits per heavy atom. The van der Waals surface area contributed by atoms with Crippen molar-refractivity contribution in [1.29, 1.82) is 5.41 Å². The van der Waals surface area contributed by atoms with Crippen molar-refractivity contribution in [3.05, 3.63) is 71.9 Å². The third kappa shape index (κ3) is 9.55. The number of morpholine rings is 1. The predicted octanol–water partition coefficient (Wildman–Crippen LogP) is 6.07. The van der Waals surface area contributed by atoms with Crippen LogP contribution in [0.4, 0.5) is 26.8 Å². The van der Waals surface area contributed by atoms with Gasteiger partial charge in [0.15, 0.2) is 5.69 Å². The number of nitrogens with one attached hydrogen (secondary N) is 2. The molecule has 3 aliphatic heterocycles. The number of hydrogen-bond acceptors (Lipinski definition) is 12. The van der Waals surface area contributed by atoms with Gasteiger partial charge in [0.1, 0.15) is 29.2 Å². The van der Waals surface area contributed by atoms with Crippen molar-refractivity contribution < 1.29 is 38.1 Å². The molecule has 282 valence electrons. The molecule has 0 spiro atoms. The number of amides is 2. The molecule has 0 aliphatic carbocycles. The highest BCUT2D eigenvalue weighted by Crippen LogP contribution is 2.34. The van der Waals surface area contributed by atoms with E-state index in [-0.39, 0.29) is 43.6 Å². The maximum absolute atomic E-state index is 13.7. The Kier molecular flexibility index (Phi) is 10.8. The van der Waals surface area contributed by atoms with Gasteiger partial charge < -0.3 is 43.7 Å². The van der Waals surface area contributed by atoms with E-state index in [9.17, 15) is 19.8 Å². The van der Waals surface area contributed by atoms with Crippen LogP contribution in [0, 0.1) is 5.41 Å². The van der Waals surface area contributed by atoms with Gasteiger partial charge in [-0.05, 0) is 77.4 Å². The second-order valence-corrected chi connectivity index (χ2v) is 15.3. The molecule has 0 saturated carbocycles. The van der Waals surface area contributed by atoms with Crippen molar-refractivity contribution in [2.75, 3.05) is 62.7 Å². The second-order valence-electron chi connectivity index (χ2n) is 15.3. The van der Waals surface area contributed by atoms with Gasteiger partial charge in [-0.2, -0.15) is 0 Å². The summed E-state index contributed by atoms with van der Waals surface area (Å²) in [6.07, 6.45) is -1.90. The van der Waals surface area contributed by atoms with Crippen LogP contribution >= 0.6 is 0 Å². The zero-order chi connectivity index (χ0) is 37.9. The average Bonchev–Trinajstić information content (AvgIpc) is 3.06. The Morgan fingerprint density at radius 1 is 0.792 bits per heavy atom. The molecule has 1 aromatic heterocycles. The standard InChI is InChI=1S/C39H48N6O8/c1-38(2,3)52-36(47)44-21-28(22-44)50-33(40)32-30(25-12-14-27(15-13-25)43-16-18-49-19-17-43)20-31(42-34(32)41-26-10-8-7-9-11-26)35(46)51-29-23-45(24-29)37(48)53-39(4,5)6/h7-15,20,28-29,40H,16-19,21-24H2,1-6H3,(H,41,42). The normalized spacial score (nSPS) is 16.6. The number of para-hydroxylation sites is 1. The summed E-state index contributed by atoms with van der Waals surface area (Å²) in [5, 5.41) is 12.5. The number of likely N-dealkylation sites (tertiary alicyclic amines) is 2. The Hall–Kier alpha value is -5.37. The summed E-state index contributed by atoms with van der Waals surface area (Å²) in [5.74, 6) is -0.633. The van der Waals surface area contributed by atoms with Crippen LogP contribution in [-0.4, -0.2) is 115 Å². The van der Waals surface area contributed by atoms with Crippen LogP contribution in [0.5, 0.6) is 0 Å². The molecule has 3 aromatic rings. The van der Waals surface area contributed by atoms with Gasteiger partial charge in [-0.15, -0.1) is 0 Å². The van der Waals surface area contributed by atoms with Gasteiger partial charge in [-0.25, -0.2) is 19.4 Å². The van der Waals surface area contributed by atoms with E-state index < -0.39 is 41.6 Å². The Labute approximate surface area is 309 Å². The summed E-state index contributed by atoms with van der Waals surface area (Å²) in [6.45, 7) is 14.5. The largest absolute Gasteiger partial charge is 0.470 e. The number of benzene rings is 2. The second kappa shape index (κ2) is 15.3. The number of carbonyl (C=O) groups excluding carboxylic acids is 3. The highest BCUT2D eigenvalue weighted by atomic mass is 16.6. The number of rotatable bonds is 8. The number of hydrogen-bond donors (Lipinski definition) is 2. The van der Waals surface area contributed by atoms with E-state index in [4.69, 9.17) is 28.7 Å². The van der Waals surface area contributed by atoms with Crippen molar-refractivity contribution in [1.82, 2.24) is 14.8 Å². The lowest BCUT2D eigenvalue weighted by atomic mass is 9.98. The molecule has 0 atom stereocenters. The van der Waals surface area contributed by atoms with E-state index in [1.165, 1.54) is 9.80 Å². The lowest BCUT2D eigenvalue weighted by molar-refractivity contribution is -0.0454. The quantitative estimate of drug-likeness (QED) is 0.120. The molecular weight excluding hydrogens is 680 g/mol. The Balaban J connectivity index is 1.30. The summed E-state index contributed by atoms with van der Waals surface area (Å²) < 4.78 is 28.4. The fourth-order valence-electron chi connectivity index (χ4n) is 5.94. The highest BCUT2D eigenvalue weighted by Gasteiger charge is 2.38. The number of carbonyl (C=O) groups is 3. The molecule has 0 bridgehead atoms. The lowest BCUT2D eigenvalue weighted by Gasteiger charge is -2.39. The van der Waals surface area contributed by atoms with Gasteiger partial charge in [-0.1, -0.05) is 30.3 Å². The molecule has 0 unspecified atom stereocenters. The minimum atomic E-state index is -0.674. The van der Waals surface area contributed by atoms with Gasteiger partial charge >= 0.3 is 18.2 Å². The van der Waals surface area contributed by atoms with Crippen LogP contribution in [0.1, 0.15) is 57.6 Å². The topological polar surface area (TPSA) is 156 Å². The predicted molar refractivity (Wildman–Crippen MR) is 199 cm³/mol. The first-order valence-corrected chi connectivity index (χ1v) is 17.8. The molecule has 2 amide bonds. The molecule has 0 radical (unpaired) electrons. The van der Waals surface area contributed by atoms with Crippen LogP contribution in [0.3, 0.4) is 0 Å². The summed E-state index contributed by atoms with van der Waals surface area (Å²) in [5.41, 5.74) is 2.03. The SMILES string of the molecule is CC(C)(C)OC(=O)N1CC(OC(=N)c2c(-c3ccc(N4CCOCC4)cc3)cc(C(=O)OC3CN(C(=O)OC(C)(C)C)C3)nc2Nc2ccccc2)C1. The van der Waals surface area contributed by atoms with E-state index >= 15 is 0 Å². The number of ether oxygens (including phenoxy) is 5. The van der Waals surface area contributed by atoms with Gasteiger partial charge in [0.2, 0.25) is 5.90 Å².